The smallest absolute Gasteiger partial charge is 0.337 e. The molecular weight excluding hydrogens is 330 g/mol. The van der Waals surface area contributed by atoms with Crippen molar-refractivity contribution in [2.45, 2.75) is 13.5 Å². The molecule has 0 saturated heterocycles. The zero-order chi connectivity index (χ0) is 18.9. The summed E-state index contributed by atoms with van der Waals surface area (Å²) in [5.74, 6) is -0.876. The fraction of sp³-hybridized carbons (Fsp3) is 0.150. The molecule has 0 spiro atoms. The molecule has 2 rings (SSSR count). The van der Waals surface area contributed by atoms with Crippen LogP contribution in [-0.4, -0.2) is 19.0 Å². The first-order valence-corrected chi connectivity index (χ1v) is 7.93. The number of esters is 1. The number of benzene rings is 2. The van der Waals surface area contributed by atoms with E-state index in [1.165, 1.54) is 13.3 Å². The number of anilines is 1. The van der Waals surface area contributed by atoms with Gasteiger partial charge in [-0.15, -0.1) is 0 Å². The summed E-state index contributed by atoms with van der Waals surface area (Å²) in [5, 5.41) is 14.8. The lowest BCUT2D eigenvalue weighted by Gasteiger charge is -2.08. The minimum absolute atomic E-state index is 0.0283. The summed E-state index contributed by atoms with van der Waals surface area (Å²) in [5.41, 5.74) is 2.90. The maximum atomic E-state index is 12.2. The van der Waals surface area contributed by atoms with E-state index in [1.54, 1.807) is 30.3 Å². The third-order valence-corrected chi connectivity index (χ3v) is 3.69. The van der Waals surface area contributed by atoms with Gasteiger partial charge in [0.2, 0.25) is 0 Å². The average Bonchev–Trinajstić information content (AvgIpc) is 2.66. The summed E-state index contributed by atoms with van der Waals surface area (Å²) in [7, 11) is 1.33. The van der Waals surface area contributed by atoms with Crippen LogP contribution in [0.4, 0.5) is 5.69 Å². The predicted molar refractivity (Wildman–Crippen MR) is 98.1 cm³/mol. The Morgan fingerprint density at radius 1 is 1.15 bits per heavy atom. The number of carbonyl (C=O) groups excluding carboxylic acids is 2. The molecule has 1 amide bonds. The minimum Gasteiger partial charge on any atom is -0.465 e. The van der Waals surface area contributed by atoms with Gasteiger partial charge >= 0.3 is 5.97 Å². The zero-order valence-electron chi connectivity index (χ0n) is 14.6. The Morgan fingerprint density at radius 3 is 2.46 bits per heavy atom. The van der Waals surface area contributed by atoms with E-state index in [2.05, 4.69) is 15.4 Å². The molecule has 0 fully saturated rings. The van der Waals surface area contributed by atoms with E-state index in [0.29, 0.717) is 17.8 Å². The quantitative estimate of drug-likeness (QED) is 0.475. The molecule has 2 aromatic rings. The molecule has 0 aromatic heterocycles. The number of aryl methyl sites for hydroxylation is 1. The van der Waals surface area contributed by atoms with Crippen LogP contribution in [0.3, 0.4) is 0 Å². The zero-order valence-corrected chi connectivity index (χ0v) is 14.6. The standard InChI is InChI=1S/C20H19N3O3/c1-14-5-3-4-6-18(14)23-19(24)17(11-21)13-22-12-15-7-9-16(10-8-15)20(25)26-2/h3-10,13,22H,12H2,1-2H3,(H,23,24)/b17-13-. The number of nitrogens with one attached hydrogen (secondary N) is 2. The average molecular weight is 349 g/mol. The van der Waals surface area contributed by atoms with Crippen molar-refractivity contribution in [3.05, 3.63) is 77.0 Å². The lowest BCUT2D eigenvalue weighted by molar-refractivity contribution is -0.112. The maximum absolute atomic E-state index is 12.2. The number of ether oxygens (including phenoxy) is 1. The normalized spacial score (nSPS) is 10.6. The van der Waals surface area contributed by atoms with Crippen LogP contribution in [0.1, 0.15) is 21.5 Å². The first-order valence-electron chi connectivity index (χ1n) is 7.93. The van der Waals surface area contributed by atoms with Crippen LogP contribution in [0.5, 0.6) is 0 Å². The maximum Gasteiger partial charge on any atom is 0.337 e. The van der Waals surface area contributed by atoms with Crippen LogP contribution in [0.25, 0.3) is 0 Å². The fourth-order valence-electron chi connectivity index (χ4n) is 2.20. The Kier molecular flexibility index (Phi) is 6.52. The third-order valence-electron chi connectivity index (χ3n) is 3.69. The van der Waals surface area contributed by atoms with Gasteiger partial charge in [-0.2, -0.15) is 5.26 Å². The first-order chi connectivity index (χ1) is 12.5. The van der Waals surface area contributed by atoms with Crippen molar-refractivity contribution in [3.63, 3.8) is 0 Å². The van der Waals surface area contributed by atoms with Gasteiger partial charge in [0.05, 0.1) is 12.7 Å². The number of nitriles is 1. The van der Waals surface area contributed by atoms with E-state index in [1.807, 2.05) is 31.2 Å². The Labute approximate surface area is 152 Å². The topological polar surface area (TPSA) is 91.2 Å². The molecule has 0 aliphatic carbocycles. The Morgan fingerprint density at radius 2 is 1.85 bits per heavy atom. The van der Waals surface area contributed by atoms with Gasteiger partial charge in [-0.1, -0.05) is 30.3 Å². The largest absolute Gasteiger partial charge is 0.465 e. The van der Waals surface area contributed by atoms with Crippen molar-refractivity contribution >= 4 is 17.6 Å². The molecule has 0 aliphatic heterocycles. The summed E-state index contributed by atoms with van der Waals surface area (Å²) in [6.07, 6.45) is 1.38. The summed E-state index contributed by atoms with van der Waals surface area (Å²) in [6, 6.07) is 16.1. The third kappa shape index (κ3) is 4.95. The molecule has 2 aromatic carbocycles. The fourth-order valence-corrected chi connectivity index (χ4v) is 2.20. The highest BCUT2D eigenvalue weighted by Gasteiger charge is 2.10. The number of methoxy groups -OCH3 is 1. The molecule has 6 nitrogen and oxygen atoms in total. The lowest BCUT2D eigenvalue weighted by Crippen LogP contribution is -2.17. The van der Waals surface area contributed by atoms with Crippen molar-refractivity contribution in [3.8, 4) is 6.07 Å². The molecule has 0 bridgehead atoms. The Balaban J connectivity index is 1.97. The first kappa shape index (κ1) is 18.7. The molecule has 0 heterocycles. The van der Waals surface area contributed by atoms with Crippen molar-refractivity contribution in [1.29, 1.82) is 5.26 Å². The van der Waals surface area contributed by atoms with Crippen LogP contribution < -0.4 is 10.6 Å². The van der Waals surface area contributed by atoms with Gasteiger partial charge in [0.1, 0.15) is 11.6 Å². The number of nitrogens with zero attached hydrogens (tertiary/aromatic N) is 1. The van der Waals surface area contributed by atoms with Crippen LogP contribution in [0, 0.1) is 18.3 Å². The molecule has 26 heavy (non-hydrogen) atoms. The highest BCUT2D eigenvalue weighted by molar-refractivity contribution is 6.06. The van der Waals surface area contributed by atoms with Crippen LogP contribution in [-0.2, 0) is 16.1 Å². The molecule has 0 unspecified atom stereocenters. The summed E-state index contributed by atoms with van der Waals surface area (Å²) >= 11 is 0. The molecule has 0 radical (unpaired) electrons. The number of hydrogen-bond donors (Lipinski definition) is 2. The number of para-hydroxylation sites is 1. The predicted octanol–water partition coefficient (Wildman–Crippen LogP) is 2.92. The second kappa shape index (κ2) is 9.04. The molecule has 0 aliphatic rings. The van der Waals surface area contributed by atoms with Gasteiger partial charge < -0.3 is 15.4 Å². The van der Waals surface area contributed by atoms with Gasteiger partial charge in [0.25, 0.3) is 5.91 Å². The van der Waals surface area contributed by atoms with Crippen LogP contribution in [0.15, 0.2) is 60.3 Å². The van der Waals surface area contributed by atoms with Crippen LogP contribution in [0.2, 0.25) is 0 Å². The molecule has 2 N–H and O–H groups in total. The van der Waals surface area contributed by atoms with E-state index in [9.17, 15) is 14.9 Å². The van der Waals surface area contributed by atoms with Gasteiger partial charge in [-0.3, -0.25) is 4.79 Å². The molecule has 6 heteroatoms. The van der Waals surface area contributed by atoms with Gasteiger partial charge in [-0.25, -0.2) is 4.79 Å². The summed E-state index contributed by atoms with van der Waals surface area (Å²) in [6.45, 7) is 2.28. The van der Waals surface area contributed by atoms with Gasteiger partial charge in [0, 0.05) is 18.4 Å². The van der Waals surface area contributed by atoms with Crippen molar-refractivity contribution in [1.82, 2.24) is 5.32 Å². The second-order valence-electron chi connectivity index (χ2n) is 5.51. The lowest BCUT2D eigenvalue weighted by atomic mass is 10.1. The number of rotatable bonds is 6. The monoisotopic (exact) mass is 349 g/mol. The van der Waals surface area contributed by atoms with E-state index in [-0.39, 0.29) is 5.57 Å². The van der Waals surface area contributed by atoms with E-state index in [4.69, 9.17) is 0 Å². The molecule has 0 saturated carbocycles. The van der Waals surface area contributed by atoms with E-state index < -0.39 is 11.9 Å². The minimum atomic E-state index is -0.477. The van der Waals surface area contributed by atoms with E-state index in [0.717, 1.165) is 11.1 Å². The molecule has 0 atom stereocenters. The number of amides is 1. The van der Waals surface area contributed by atoms with Crippen LogP contribution >= 0.6 is 0 Å². The highest BCUT2D eigenvalue weighted by Crippen LogP contribution is 2.14. The second-order valence-corrected chi connectivity index (χ2v) is 5.51. The van der Waals surface area contributed by atoms with E-state index >= 15 is 0 Å². The van der Waals surface area contributed by atoms with Gasteiger partial charge in [0.15, 0.2) is 0 Å². The van der Waals surface area contributed by atoms with Crippen molar-refractivity contribution in [2.24, 2.45) is 0 Å². The van der Waals surface area contributed by atoms with Crippen molar-refractivity contribution < 1.29 is 14.3 Å². The molecular formula is C20H19N3O3. The number of carbonyl (C=O) groups is 2. The summed E-state index contributed by atoms with van der Waals surface area (Å²) in [4.78, 5) is 23.6. The van der Waals surface area contributed by atoms with Gasteiger partial charge in [-0.05, 0) is 36.2 Å². The summed E-state index contributed by atoms with van der Waals surface area (Å²) < 4.78 is 4.64. The molecule has 132 valence electrons. The Bertz CT molecular complexity index is 865. The highest BCUT2D eigenvalue weighted by atomic mass is 16.5. The number of hydrogen-bond acceptors (Lipinski definition) is 5. The SMILES string of the molecule is COC(=O)c1ccc(CN/C=C(/C#N)C(=O)Nc2ccccc2C)cc1. The Hall–Kier alpha value is -3.59. The van der Waals surface area contributed by atoms with Crippen molar-refractivity contribution in [2.75, 3.05) is 12.4 Å².